The van der Waals surface area contributed by atoms with Crippen LogP contribution in [0.4, 0.5) is 5.69 Å². The number of nitrogen functional groups attached to an aromatic ring is 1. The number of carboxylic acid groups (broad SMARTS) is 1. The number of carbonyl (C=O) groups is 1. The van der Waals surface area contributed by atoms with Gasteiger partial charge in [0.25, 0.3) is 0 Å². The number of hydrogen-bond donors (Lipinski definition) is 3. The van der Waals surface area contributed by atoms with Crippen LogP contribution in [0.1, 0.15) is 10.4 Å². The summed E-state index contributed by atoms with van der Waals surface area (Å²) in [6.45, 7) is 0. The summed E-state index contributed by atoms with van der Waals surface area (Å²) in [6.07, 6.45) is 0. The summed E-state index contributed by atoms with van der Waals surface area (Å²) in [4.78, 5) is 10.9. The van der Waals surface area contributed by atoms with E-state index in [0.717, 1.165) is 0 Å². The van der Waals surface area contributed by atoms with Crippen molar-refractivity contribution >= 4 is 48.3 Å². The third kappa shape index (κ3) is 2.69. The Kier molecular flexibility index (Phi) is 4.39. The van der Waals surface area contributed by atoms with E-state index in [1.165, 1.54) is 12.1 Å². The van der Waals surface area contributed by atoms with E-state index in [1.54, 1.807) is 0 Å². The zero-order valence-electron chi connectivity index (χ0n) is 6.32. The quantitative estimate of drug-likeness (QED) is 0.521. The molecule has 0 amide bonds. The first-order valence-corrected chi connectivity index (χ1v) is 3.86. The van der Waals surface area contributed by atoms with Gasteiger partial charge in [0.15, 0.2) is 0 Å². The van der Waals surface area contributed by atoms with Crippen molar-refractivity contribution in [3.63, 3.8) is 0 Å². The van der Waals surface area contributed by atoms with Gasteiger partial charge in [-0.05, 0) is 12.1 Å². The third-order valence-electron chi connectivity index (χ3n) is 1.33. The lowest BCUT2D eigenvalue weighted by molar-refractivity contribution is 0.0696. The van der Waals surface area contributed by atoms with Crippen molar-refractivity contribution in [1.82, 2.24) is 0 Å². The molecule has 13 heavy (non-hydrogen) atoms. The van der Waals surface area contributed by atoms with Crippen LogP contribution < -0.4 is 5.73 Å². The summed E-state index contributed by atoms with van der Waals surface area (Å²) >= 11 is 9.62. The SMILES string of the molecule is Cl.Nc1cc(C(=O)O)cc(S)c1Cl. The van der Waals surface area contributed by atoms with Crippen LogP contribution in [0.15, 0.2) is 17.0 Å². The highest BCUT2D eigenvalue weighted by Crippen LogP contribution is 2.27. The fourth-order valence-electron chi connectivity index (χ4n) is 0.755. The highest BCUT2D eigenvalue weighted by atomic mass is 35.5. The summed E-state index contributed by atoms with van der Waals surface area (Å²) in [5.41, 5.74) is 5.72. The van der Waals surface area contributed by atoms with Gasteiger partial charge in [-0.2, -0.15) is 0 Å². The number of anilines is 1. The monoisotopic (exact) mass is 239 g/mol. The summed E-state index contributed by atoms with van der Waals surface area (Å²) in [6, 6.07) is 2.65. The maximum absolute atomic E-state index is 10.5. The first-order chi connectivity index (χ1) is 5.52. The van der Waals surface area contributed by atoms with Crippen LogP contribution in [-0.4, -0.2) is 11.1 Å². The molecule has 0 saturated carbocycles. The summed E-state index contributed by atoms with van der Waals surface area (Å²) in [7, 11) is 0. The molecule has 0 aliphatic heterocycles. The van der Waals surface area contributed by atoms with E-state index in [4.69, 9.17) is 22.4 Å². The summed E-state index contributed by atoms with van der Waals surface area (Å²) < 4.78 is 0. The van der Waals surface area contributed by atoms with E-state index in [0.29, 0.717) is 4.90 Å². The highest BCUT2D eigenvalue weighted by Gasteiger charge is 2.08. The van der Waals surface area contributed by atoms with E-state index in [9.17, 15) is 4.79 Å². The van der Waals surface area contributed by atoms with Gasteiger partial charge in [-0.1, -0.05) is 11.6 Å². The Morgan fingerprint density at radius 3 is 2.46 bits per heavy atom. The van der Waals surface area contributed by atoms with Gasteiger partial charge in [0, 0.05) is 4.90 Å². The molecule has 6 heteroatoms. The molecule has 0 atom stereocenters. The van der Waals surface area contributed by atoms with E-state index in [1.807, 2.05) is 0 Å². The van der Waals surface area contributed by atoms with Gasteiger partial charge < -0.3 is 10.8 Å². The maximum atomic E-state index is 10.5. The molecule has 0 fully saturated rings. The second kappa shape index (κ2) is 4.60. The van der Waals surface area contributed by atoms with E-state index >= 15 is 0 Å². The van der Waals surface area contributed by atoms with Crippen molar-refractivity contribution in [2.24, 2.45) is 0 Å². The van der Waals surface area contributed by atoms with Crippen molar-refractivity contribution in [1.29, 1.82) is 0 Å². The van der Waals surface area contributed by atoms with E-state index in [-0.39, 0.29) is 28.7 Å². The molecule has 0 aliphatic rings. The molecule has 0 heterocycles. The molecule has 0 bridgehead atoms. The fourth-order valence-corrected chi connectivity index (χ4v) is 1.13. The number of nitrogens with two attached hydrogens (primary N) is 1. The van der Waals surface area contributed by atoms with E-state index in [2.05, 4.69) is 12.6 Å². The molecular weight excluding hydrogens is 233 g/mol. The molecule has 1 aromatic carbocycles. The summed E-state index contributed by atoms with van der Waals surface area (Å²) in [5.74, 6) is -1.05. The first kappa shape index (κ1) is 12.4. The van der Waals surface area contributed by atoms with Gasteiger partial charge in [0.05, 0.1) is 16.3 Å². The zero-order valence-corrected chi connectivity index (χ0v) is 8.79. The molecule has 0 aromatic heterocycles. The fraction of sp³-hybridized carbons (Fsp3) is 0. The average molecular weight is 240 g/mol. The van der Waals surface area contributed by atoms with Crippen LogP contribution >= 0.6 is 36.6 Å². The molecule has 72 valence electrons. The predicted octanol–water partition coefficient (Wildman–Crippen LogP) is 2.33. The van der Waals surface area contributed by atoms with Crippen molar-refractivity contribution in [3.05, 3.63) is 22.7 Å². The van der Waals surface area contributed by atoms with Gasteiger partial charge in [-0.15, -0.1) is 25.0 Å². The lowest BCUT2D eigenvalue weighted by atomic mass is 10.2. The topological polar surface area (TPSA) is 63.3 Å². The molecule has 3 N–H and O–H groups in total. The molecule has 0 unspecified atom stereocenters. The predicted molar refractivity (Wildman–Crippen MR) is 57.3 cm³/mol. The Bertz CT molecular complexity index is 320. The first-order valence-electron chi connectivity index (χ1n) is 3.03. The van der Waals surface area contributed by atoms with Crippen LogP contribution in [0, 0.1) is 0 Å². The number of halogens is 2. The Balaban J connectivity index is 0.00000144. The minimum atomic E-state index is -1.05. The Labute approximate surface area is 91.7 Å². The second-order valence-electron chi connectivity index (χ2n) is 2.20. The molecular formula is C7H7Cl2NO2S. The molecule has 1 rings (SSSR count). The maximum Gasteiger partial charge on any atom is 0.335 e. The lowest BCUT2D eigenvalue weighted by Gasteiger charge is -2.02. The number of carboxylic acids is 1. The van der Waals surface area contributed by atoms with Gasteiger partial charge in [0.1, 0.15) is 0 Å². The van der Waals surface area contributed by atoms with Crippen LogP contribution in [-0.2, 0) is 0 Å². The van der Waals surface area contributed by atoms with Crippen molar-refractivity contribution in [2.45, 2.75) is 4.90 Å². The van der Waals surface area contributed by atoms with Crippen molar-refractivity contribution in [2.75, 3.05) is 5.73 Å². The number of benzene rings is 1. The smallest absolute Gasteiger partial charge is 0.335 e. The summed E-state index contributed by atoms with van der Waals surface area (Å²) in [5, 5.41) is 8.87. The van der Waals surface area contributed by atoms with Crippen LogP contribution in [0.25, 0.3) is 0 Å². The molecule has 0 spiro atoms. The van der Waals surface area contributed by atoms with Gasteiger partial charge in [-0.3, -0.25) is 0 Å². The van der Waals surface area contributed by atoms with Crippen LogP contribution in [0.5, 0.6) is 0 Å². The Morgan fingerprint density at radius 1 is 1.54 bits per heavy atom. The number of hydrogen-bond acceptors (Lipinski definition) is 3. The Morgan fingerprint density at radius 2 is 2.08 bits per heavy atom. The Hall–Kier alpha value is -0.580. The van der Waals surface area contributed by atoms with Crippen molar-refractivity contribution < 1.29 is 9.90 Å². The standard InChI is InChI=1S/C7H6ClNO2S.ClH/c8-6-4(9)1-3(7(10)11)2-5(6)12;/h1-2,12H,9H2,(H,10,11);1H. The van der Waals surface area contributed by atoms with Crippen LogP contribution in [0.3, 0.4) is 0 Å². The third-order valence-corrected chi connectivity index (χ3v) is 2.23. The van der Waals surface area contributed by atoms with Gasteiger partial charge >= 0.3 is 5.97 Å². The zero-order chi connectivity index (χ0) is 9.30. The largest absolute Gasteiger partial charge is 0.478 e. The van der Waals surface area contributed by atoms with E-state index < -0.39 is 5.97 Å². The molecule has 3 nitrogen and oxygen atoms in total. The molecule has 0 saturated heterocycles. The molecule has 1 aromatic rings. The van der Waals surface area contributed by atoms with Gasteiger partial charge in [-0.25, -0.2) is 4.79 Å². The minimum absolute atomic E-state index is 0. The normalized spacial score (nSPS) is 9.08. The molecule has 0 aliphatic carbocycles. The minimum Gasteiger partial charge on any atom is -0.478 e. The number of thiol groups is 1. The lowest BCUT2D eigenvalue weighted by Crippen LogP contribution is -1.98. The highest BCUT2D eigenvalue weighted by molar-refractivity contribution is 7.80. The number of aromatic carboxylic acids is 1. The average Bonchev–Trinajstić information content (AvgIpc) is 1.99. The van der Waals surface area contributed by atoms with Gasteiger partial charge in [0.2, 0.25) is 0 Å². The molecule has 0 radical (unpaired) electrons. The number of rotatable bonds is 1. The second-order valence-corrected chi connectivity index (χ2v) is 3.06. The van der Waals surface area contributed by atoms with Crippen molar-refractivity contribution in [3.8, 4) is 0 Å². The van der Waals surface area contributed by atoms with Crippen LogP contribution in [0.2, 0.25) is 5.02 Å².